The van der Waals surface area contributed by atoms with Crippen molar-refractivity contribution in [3.05, 3.63) is 53.1 Å². The van der Waals surface area contributed by atoms with Gasteiger partial charge in [0.1, 0.15) is 5.69 Å². The third-order valence-electron chi connectivity index (χ3n) is 3.61. The van der Waals surface area contributed by atoms with Crippen molar-refractivity contribution in [3.63, 3.8) is 0 Å². The van der Waals surface area contributed by atoms with Gasteiger partial charge < -0.3 is 9.88 Å². The van der Waals surface area contributed by atoms with Crippen LogP contribution >= 0.6 is 0 Å². The summed E-state index contributed by atoms with van der Waals surface area (Å²) in [5.41, 5.74) is 4.06. The molecular formula is C15H17N3O. The number of carbonyl (C=O) groups excluding carboxylic acids is 1. The fourth-order valence-electron chi connectivity index (χ4n) is 2.48. The second-order valence-corrected chi connectivity index (χ2v) is 4.84. The van der Waals surface area contributed by atoms with Gasteiger partial charge in [0, 0.05) is 37.1 Å². The Morgan fingerprint density at radius 3 is 3.11 bits per heavy atom. The third-order valence-corrected chi connectivity index (χ3v) is 3.61. The predicted molar refractivity (Wildman–Crippen MR) is 72.9 cm³/mol. The molecular weight excluding hydrogens is 238 g/mol. The van der Waals surface area contributed by atoms with Gasteiger partial charge in [0.2, 0.25) is 0 Å². The zero-order valence-electron chi connectivity index (χ0n) is 11.0. The van der Waals surface area contributed by atoms with E-state index in [1.807, 2.05) is 35.4 Å². The van der Waals surface area contributed by atoms with Gasteiger partial charge >= 0.3 is 0 Å². The molecule has 0 aliphatic carbocycles. The SMILES string of the molecule is CCc1ccc(C(=O)N2CCc3ncccc3C2)[nH]1. The average Bonchev–Trinajstić information content (AvgIpc) is 2.95. The molecule has 2 aromatic rings. The molecule has 1 aliphatic heterocycles. The molecule has 0 fully saturated rings. The number of rotatable bonds is 2. The van der Waals surface area contributed by atoms with E-state index < -0.39 is 0 Å². The van der Waals surface area contributed by atoms with Crippen LogP contribution in [0.5, 0.6) is 0 Å². The Morgan fingerprint density at radius 2 is 2.32 bits per heavy atom. The molecule has 3 heterocycles. The normalized spacial score (nSPS) is 14.3. The fourth-order valence-corrected chi connectivity index (χ4v) is 2.48. The molecule has 19 heavy (non-hydrogen) atoms. The molecule has 1 aliphatic rings. The summed E-state index contributed by atoms with van der Waals surface area (Å²) in [5, 5.41) is 0. The molecule has 1 N–H and O–H groups in total. The Kier molecular flexibility index (Phi) is 3.07. The van der Waals surface area contributed by atoms with E-state index in [2.05, 4.69) is 16.9 Å². The molecule has 0 spiro atoms. The second kappa shape index (κ2) is 4.88. The van der Waals surface area contributed by atoms with Crippen LogP contribution in [0, 0.1) is 0 Å². The first-order valence-corrected chi connectivity index (χ1v) is 6.68. The maximum absolute atomic E-state index is 12.4. The highest BCUT2D eigenvalue weighted by Gasteiger charge is 2.22. The molecule has 1 amide bonds. The van der Waals surface area contributed by atoms with Crippen molar-refractivity contribution in [1.82, 2.24) is 14.9 Å². The number of aromatic amines is 1. The zero-order chi connectivity index (χ0) is 13.2. The van der Waals surface area contributed by atoms with Crippen molar-refractivity contribution < 1.29 is 4.79 Å². The van der Waals surface area contributed by atoms with Crippen LogP contribution in [-0.4, -0.2) is 27.3 Å². The number of H-pyrrole nitrogens is 1. The highest BCUT2D eigenvalue weighted by molar-refractivity contribution is 5.92. The molecule has 0 atom stereocenters. The number of amides is 1. The summed E-state index contributed by atoms with van der Waals surface area (Å²) in [6, 6.07) is 7.83. The molecule has 0 saturated carbocycles. The minimum Gasteiger partial charge on any atom is -0.354 e. The summed E-state index contributed by atoms with van der Waals surface area (Å²) in [6.45, 7) is 3.47. The Hall–Kier alpha value is -2.10. The number of hydrogen-bond acceptors (Lipinski definition) is 2. The van der Waals surface area contributed by atoms with Gasteiger partial charge in [0.25, 0.3) is 5.91 Å². The summed E-state index contributed by atoms with van der Waals surface area (Å²) in [5.74, 6) is 0.0780. The highest BCUT2D eigenvalue weighted by Crippen LogP contribution is 2.18. The number of aromatic nitrogens is 2. The van der Waals surface area contributed by atoms with E-state index in [0.29, 0.717) is 12.2 Å². The van der Waals surface area contributed by atoms with Crippen molar-refractivity contribution >= 4 is 5.91 Å². The van der Waals surface area contributed by atoms with Gasteiger partial charge in [-0.3, -0.25) is 9.78 Å². The molecule has 0 bridgehead atoms. The third kappa shape index (κ3) is 2.26. The van der Waals surface area contributed by atoms with E-state index in [-0.39, 0.29) is 5.91 Å². The summed E-state index contributed by atoms with van der Waals surface area (Å²) < 4.78 is 0. The van der Waals surface area contributed by atoms with Gasteiger partial charge in [-0.25, -0.2) is 0 Å². The molecule has 0 saturated heterocycles. The van der Waals surface area contributed by atoms with E-state index in [0.717, 1.165) is 36.3 Å². The Labute approximate surface area is 112 Å². The first kappa shape index (κ1) is 12.0. The maximum Gasteiger partial charge on any atom is 0.270 e. The van der Waals surface area contributed by atoms with Crippen LogP contribution in [-0.2, 0) is 19.4 Å². The number of aryl methyl sites for hydroxylation is 1. The molecule has 2 aromatic heterocycles. The lowest BCUT2D eigenvalue weighted by atomic mass is 10.1. The van der Waals surface area contributed by atoms with Gasteiger partial charge in [-0.1, -0.05) is 13.0 Å². The molecule has 0 unspecified atom stereocenters. The standard InChI is InChI=1S/C15H17N3O/c1-2-12-5-6-14(17-12)15(19)18-9-7-13-11(10-18)4-3-8-16-13/h3-6,8,17H,2,7,9-10H2,1H3. The van der Waals surface area contributed by atoms with E-state index in [4.69, 9.17) is 0 Å². The monoisotopic (exact) mass is 255 g/mol. The lowest BCUT2D eigenvalue weighted by Crippen LogP contribution is -2.36. The summed E-state index contributed by atoms with van der Waals surface area (Å²) in [4.78, 5) is 21.8. The number of fused-ring (bicyclic) bond motifs is 1. The van der Waals surface area contributed by atoms with Gasteiger partial charge in [-0.15, -0.1) is 0 Å². The first-order chi connectivity index (χ1) is 9.28. The number of carbonyl (C=O) groups is 1. The molecule has 3 rings (SSSR count). The van der Waals surface area contributed by atoms with Crippen molar-refractivity contribution in [2.45, 2.75) is 26.3 Å². The number of hydrogen-bond donors (Lipinski definition) is 1. The quantitative estimate of drug-likeness (QED) is 0.894. The van der Waals surface area contributed by atoms with Crippen LogP contribution in [0.25, 0.3) is 0 Å². The van der Waals surface area contributed by atoms with Crippen LogP contribution in [0.4, 0.5) is 0 Å². The molecule has 0 aromatic carbocycles. The lowest BCUT2D eigenvalue weighted by molar-refractivity contribution is 0.0728. The van der Waals surface area contributed by atoms with Crippen LogP contribution in [0.3, 0.4) is 0 Å². The van der Waals surface area contributed by atoms with Gasteiger partial charge in [0.05, 0.1) is 0 Å². The van der Waals surface area contributed by atoms with E-state index in [9.17, 15) is 4.79 Å². The highest BCUT2D eigenvalue weighted by atomic mass is 16.2. The fraction of sp³-hybridized carbons (Fsp3) is 0.333. The Bertz CT molecular complexity index is 603. The van der Waals surface area contributed by atoms with Gasteiger partial charge in [-0.2, -0.15) is 0 Å². The Balaban J connectivity index is 1.79. The van der Waals surface area contributed by atoms with E-state index >= 15 is 0 Å². The maximum atomic E-state index is 12.4. The summed E-state index contributed by atoms with van der Waals surface area (Å²) >= 11 is 0. The van der Waals surface area contributed by atoms with E-state index in [1.165, 1.54) is 0 Å². The van der Waals surface area contributed by atoms with Crippen molar-refractivity contribution in [3.8, 4) is 0 Å². The topological polar surface area (TPSA) is 49.0 Å². The number of nitrogens with one attached hydrogen (secondary N) is 1. The van der Waals surface area contributed by atoms with Crippen LogP contribution in [0.15, 0.2) is 30.5 Å². The zero-order valence-corrected chi connectivity index (χ0v) is 11.0. The van der Waals surface area contributed by atoms with Crippen molar-refractivity contribution in [1.29, 1.82) is 0 Å². The predicted octanol–water partition coefficient (Wildman–Crippen LogP) is 2.17. The average molecular weight is 255 g/mol. The number of pyridine rings is 1. The minimum absolute atomic E-state index is 0.0780. The molecule has 4 nitrogen and oxygen atoms in total. The van der Waals surface area contributed by atoms with Crippen LogP contribution in [0.1, 0.15) is 34.4 Å². The lowest BCUT2D eigenvalue weighted by Gasteiger charge is -2.27. The molecule has 0 radical (unpaired) electrons. The molecule has 4 heteroatoms. The number of nitrogens with zero attached hydrogens (tertiary/aromatic N) is 2. The van der Waals surface area contributed by atoms with Gasteiger partial charge in [0.15, 0.2) is 0 Å². The summed E-state index contributed by atoms with van der Waals surface area (Å²) in [7, 11) is 0. The van der Waals surface area contributed by atoms with Gasteiger partial charge in [-0.05, 0) is 30.2 Å². The molecule has 98 valence electrons. The van der Waals surface area contributed by atoms with Crippen LogP contribution < -0.4 is 0 Å². The first-order valence-electron chi connectivity index (χ1n) is 6.68. The Morgan fingerprint density at radius 1 is 1.42 bits per heavy atom. The second-order valence-electron chi connectivity index (χ2n) is 4.84. The van der Waals surface area contributed by atoms with E-state index in [1.54, 1.807) is 0 Å². The van der Waals surface area contributed by atoms with Crippen molar-refractivity contribution in [2.24, 2.45) is 0 Å². The summed E-state index contributed by atoms with van der Waals surface area (Å²) in [6.07, 6.45) is 3.57. The van der Waals surface area contributed by atoms with Crippen molar-refractivity contribution in [2.75, 3.05) is 6.54 Å². The minimum atomic E-state index is 0.0780. The smallest absolute Gasteiger partial charge is 0.270 e. The van der Waals surface area contributed by atoms with Crippen LogP contribution in [0.2, 0.25) is 0 Å². The largest absolute Gasteiger partial charge is 0.354 e.